The molecular formula is C17H20F2O. The minimum Gasteiger partial charge on any atom is -0.457 e. The van der Waals surface area contributed by atoms with E-state index in [-0.39, 0.29) is 0 Å². The molecule has 2 aromatic carbocycles. The van der Waals surface area contributed by atoms with Gasteiger partial charge in [0.05, 0.1) is 0 Å². The van der Waals surface area contributed by atoms with Crippen molar-refractivity contribution in [2.24, 2.45) is 0 Å². The molecule has 0 amide bonds. The molecule has 0 radical (unpaired) electrons. The molecule has 0 aromatic heterocycles. The Labute approximate surface area is 119 Å². The summed E-state index contributed by atoms with van der Waals surface area (Å²) in [6, 6.07) is 9.19. The summed E-state index contributed by atoms with van der Waals surface area (Å²) in [5, 5.41) is 0. The Morgan fingerprint density at radius 2 is 1.50 bits per heavy atom. The van der Waals surface area contributed by atoms with Crippen LogP contribution in [0.3, 0.4) is 0 Å². The van der Waals surface area contributed by atoms with Gasteiger partial charge in [0.25, 0.3) is 0 Å². The fraction of sp³-hybridized carbons (Fsp3) is 0.294. The van der Waals surface area contributed by atoms with Crippen molar-refractivity contribution in [2.45, 2.75) is 34.1 Å². The van der Waals surface area contributed by atoms with E-state index in [2.05, 4.69) is 6.92 Å². The van der Waals surface area contributed by atoms with Gasteiger partial charge in [0.2, 0.25) is 0 Å². The predicted octanol–water partition coefficient (Wildman–Crippen LogP) is 5.65. The maximum atomic E-state index is 13.0. The Balaban J connectivity index is 0.000000956. The molecule has 0 saturated heterocycles. The highest BCUT2D eigenvalue weighted by Gasteiger charge is 2.05. The molecule has 0 unspecified atom stereocenters. The highest BCUT2D eigenvalue weighted by Crippen LogP contribution is 2.25. The number of ether oxygens (including phenoxy) is 1. The lowest BCUT2D eigenvalue weighted by Crippen LogP contribution is -1.91. The normalized spacial score (nSPS) is 9.70. The predicted molar refractivity (Wildman–Crippen MR) is 78.3 cm³/mol. The summed E-state index contributed by atoms with van der Waals surface area (Å²) in [5.74, 6) is -0.862. The SMILES string of the molecule is CC.CCc1cc(Oc2ccc(F)c(F)c2)ccc1C. The largest absolute Gasteiger partial charge is 0.457 e. The first-order chi connectivity index (χ1) is 9.60. The lowest BCUT2D eigenvalue weighted by atomic mass is 10.1. The third-order valence-corrected chi connectivity index (χ3v) is 2.83. The highest BCUT2D eigenvalue weighted by atomic mass is 19.2. The van der Waals surface area contributed by atoms with Crippen molar-refractivity contribution < 1.29 is 13.5 Å². The van der Waals surface area contributed by atoms with Crippen LogP contribution < -0.4 is 4.74 Å². The van der Waals surface area contributed by atoms with E-state index in [0.29, 0.717) is 11.5 Å². The Kier molecular flexibility index (Phi) is 6.16. The van der Waals surface area contributed by atoms with Crippen LogP contribution in [-0.2, 0) is 6.42 Å². The lowest BCUT2D eigenvalue weighted by Gasteiger charge is -2.09. The standard InChI is InChI=1S/C15H14F2O.C2H6/c1-3-11-8-12(5-4-10(11)2)18-13-6-7-14(16)15(17)9-13;1-2/h4-9H,3H2,1-2H3;1-2H3. The van der Waals surface area contributed by atoms with Crippen molar-refractivity contribution in [3.05, 3.63) is 59.2 Å². The molecule has 0 aliphatic heterocycles. The molecule has 0 heterocycles. The van der Waals surface area contributed by atoms with Gasteiger partial charge in [-0.05, 0) is 48.7 Å². The van der Waals surface area contributed by atoms with E-state index in [4.69, 9.17) is 4.74 Å². The number of aryl methyl sites for hydroxylation is 2. The summed E-state index contributed by atoms with van der Waals surface area (Å²) in [6.45, 7) is 8.09. The van der Waals surface area contributed by atoms with Gasteiger partial charge in [0.1, 0.15) is 11.5 Å². The molecule has 108 valence electrons. The second-order valence-electron chi connectivity index (χ2n) is 4.12. The molecule has 0 fully saturated rings. The summed E-state index contributed by atoms with van der Waals surface area (Å²) >= 11 is 0. The summed E-state index contributed by atoms with van der Waals surface area (Å²) in [4.78, 5) is 0. The van der Waals surface area contributed by atoms with Gasteiger partial charge in [0.15, 0.2) is 11.6 Å². The van der Waals surface area contributed by atoms with E-state index in [1.165, 1.54) is 17.2 Å². The molecule has 0 aliphatic carbocycles. The molecule has 1 nitrogen and oxygen atoms in total. The minimum atomic E-state index is -0.907. The van der Waals surface area contributed by atoms with Gasteiger partial charge in [-0.2, -0.15) is 0 Å². The molecular weight excluding hydrogens is 258 g/mol. The fourth-order valence-electron chi connectivity index (χ4n) is 1.77. The summed E-state index contributed by atoms with van der Waals surface area (Å²) in [6.07, 6.45) is 0.904. The topological polar surface area (TPSA) is 9.23 Å². The average Bonchev–Trinajstić information content (AvgIpc) is 2.47. The van der Waals surface area contributed by atoms with E-state index < -0.39 is 11.6 Å². The van der Waals surface area contributed by atoms with Crippen LogP contribution in [0.5, 0.6) is 11.5 Å². The van der Waals surface area contributed by atoms with Crippen LogP contribution in [0.15, 0.2) is 36.4 Å². The molecule has 0 spiro atoms. The summed E-state index contributed by atoms with van der Waals surface area (Å²) < 4.78 is 31.3. The molecule has 0 atom stereocenters. The van der Waals surface area contributed by atoms with E-state index in [1.54, 1.807) is 0 Å². The van der Waals surface area contributed by atoms with Crippen molar-refractivity contribution in [2.75, 3.05) is 0 Å². The molecule has 3 heteroatoms. The van der Waals surface area contributed by atoms with E-state index in [1.807, 2.05) is 39.0 Å². The van der Waals surface area contributed by atoms with Crippen LogP contribution >= 0.6 is 0 Å². The third-order valence-electron chi connectivity index (χ3n) is 2.83. The quantitative estimate of drug-likeness (QED) is 0.704. The Bertz CT molecular complexity index is 565. The maximum Gasteiger partial charge on any atom is 0.162 e. The van der Waals surface area contributed by atoms with E-state index in [0.717, 1.165) is 18.6 Å². The highest BCUT2D eigenvalue weighted by molar-refractivity contribution is 5.38. The number of hydrogen-bond donors (Lipinski definition) is 0. The van der Waals surface area contributed by atoms with Gasteiger partial charge in [-0.15, -0.1) is 0 Å². The maximum absolute atomic E-state index is 13.0. The van der Waals surface area contributed by atoms with Gasteiger partial charge in [-0.3, -0.25) is 0 Å². The van der Waals surface area contributed by atoms with Crippen molar-refractivity contribution in [3.8, 4) is 11.5 Å². The lowest BCUT2D eigenvalue weighted by molar-refractivity contribution is 0.461. The second-order valence-corrected chi connectivity index (χ2v) is 4.12. The van der Waals surface area contributed by atoms with Crippen molar-refractivity contribution in [1.82, 2.24) is 0 Å². The monoisotopic (exact) mass is 278 g/mol. The van der Waals surface area contributed by atoms with Crippen molar-refractivity contribution >= 4 is 0 Å². The molecule has 20 heavy (non-hydrogen) atoms. The third kappa shape index (κ3) is 4.05. The summed E-state index contributed by atoms with van der Waals surface area (Å²) in [7, 11) is 0. The molecule has 2 rings (SSSR count). The van der Waals surface area contributed by atoms with E-state index in [9.17, 15) is 8.78 Å². The Morgan fingerprint density at radius 1 is 0.900 bits per heavy atom. The van der Waals surface area contributed by atoms with Crippen LogP contribution in [0.1, 0.15) is 31.9 Å². The summed E-state index contributed by atoms with van der Waals surface area (Å²) in [5.41, 5.74) is 2.37. The van der Waals surface area contributed by atoms with Crippen LogP contribution in [-0.4, -0.2) is 0 Å². The molecule has 0 saturated carbocycles. The smallest absolute Gasteiger partial charge is 0.162 e. The van der Waals surface area contributed by atoms with Gasteiger partial charge < -0.3 is 4.74 Å². The van der Waals surface area contributed by atoms with Gasteiger partial charge in [-0.1, -0.05) is 26.8 Å². The molecule has 0 bridgehead atoms. The Hall–Kier alpha value is -1.90. The van der Waals surface area contributed by atoms with Crippen molar-refractivity contribution in [1.29, 1.82) is 0 Å². The van der Waals surface area contributed by atoms with Crippen LogP contribution in [0.4, 0.5) is 8.78 Å². The molecule has 0 N–H and O–H groups in total. The van der Waals surface area contributed by atoms with Gasteiger partial charge in [0, 0.05) is 6.07 Å². The number of halogens is 2. The first-order valence-corrected chi connectivity index (χ1v) is 6.82. The minimum absolute atomic E-state index is 0.291. The zero-order chi connectivity index (χ0) is 15.1. The number of rotatable bonds is 3. The zero-order valence-electron chi connectivity index (χ0n) is 12.3. The molecule has 2 aromatic rings. The zero-order valence-corrected chi connectivity index (χ0v) is 12.3. The second kappa shape index (κ2) is 7.63. The first kappa shape index (κ1) is 16.2. The number of benzene rings is 2. The number of hydrogen-bond acceptors (Lipinski definition) is 1. The van der Waals surface area contributed by atoms with E-state index >= 15 is 0 Å². The van der Waals surface area contributed by atoms with Crippen LogP contribution in [0.2, 0.25) is 0 Å². The van der Waals surface area contributed by atoms with Gasteiger partial charge >= 0.3 is 0 Å². The molecule has 0 aliphatic rings. The Morgan fingerprint density at radius 3 is 2.10 bits per heavy atom. The van der Waals surface area contributed by atoms with Crippen LogP contribution in [0.25, 0.3) is 0 Å². The fourth-order valence-corrected chi connectivity index (χ4v) is 1.77. The average molecular weight is 278 g/mol. The first-order valence-electron chi connectivity index (χ1n) is 6.82. The van der Waals surface area contributed by atoms with Crippen LogP contribution in [0, 0.1) is 18.6 Å². The van der Waals surface area contributed by atoms with Crippen molar-refractivity contribution in [3.63, 3.8) is 0 Å². The van der Waals surface area contributed by atoms with Gasteiger partial charge in [-0.25, -0.2) is 8.78 Å².